The van der Waals surface area contributed by atoms with Gasteiger partial charge in [-0.2, -0.15) is 0 Å². The first-order valence-corrected chi connectivity index (χ1v) is 11.2. The average molecular weight is 402 g/mol. The van der Waals surface area contributed by atoms with Gasteiger partial charge in [0, 0.05) is 12.1 Å². The molecule has 1 saturated carbocycles. The highest BCUT2D eigenvalue weighted by molar-refractivity contribution is 8.00. The van der Waals surface area contributed by atoms with Crippen LogP contribution in [-0.2, 0) is 4.79 Å². The Bertz CT molecular complexity index is 908. The summed E-state index contributed by atoms with van der Waals surface area (Å²) < 4.78 is 1.70. The largest absolute Gasteiger partial charge is 0.352 e. The van der Waals surface area contributed by atoms with Gasteiger partial charge in [0.05, 0.1) is 16.2 Å². The van der Waals surface area contributed by atoms with E-state index in [0.29, 0.717) is 27.9 Å². The monoisotopic (exact) mass is 401 g/mol. The van der Waals surface area contributed by atoms with Crippen LogP contribution in [0.5, 0.6) is 0 Å². The molecule has 2 aromatic rings. The van der Waals surface area contributed by atoms with Gasteiger partial charge in [-0.1, -0.05) is 50.6 Å². The molecule has 1 heterocycles. The molecule has 1 aromatic heterocycles. The minimum atomic E-state index is -0.317. The van der Waals surface area contributed by atoms with Crippen molar-refractivity contribution in [2.75, 3.05) is 0 Å². The van der Waals surface area contributed by atoms with Crippen molar-refractivity contribution < 1.29 is 4.79 Å². The molecule has 1 amide bonds. The summed E-state index contributed by atoms with van der Waals surface area (Å²) in [7, 11) is 0. The van der Waals surface area contributed by atoms with E-state index < -0.39 is 0 Å². The maximum absolute atomic E-state index is 12.9. The number of thioether (sulfide) groups is 1. The molecule has 152 valence electrons. The molecule has 0 spiro atoms. The number of fused-ring (bicyclic) bond motifs is 1. The van der Waals surface area contributed by atoms with Crippen molar-refractivity contribution >= 4 is 28.6 Å². The highest BCUT2D eigenvalue weighted by Gasteiger charge is 2.30. The zero-order chi connectivity index (χ0) is 20.4. The van der Waals surface area contributed by atoms with Gasteiger partial charge in [-0.25, -0.2) is 4.98 Å². The normalized spacial score (nSPS) is 23.7. The Labute approximate surface area is 171 Å². The van der Waals surface area contributed by atoms with Crippen LogP contribution in [0.2, 0.25) is 0 Å². The number of hydrogen-bond donors (Lipinski definition) is 1. The van der Waals surface area contributed by atoms with E-state index in [4.69, 9.17) is 4.98 Å². The third-order valence-electron chi connectivity index (χ3n) is 5.98. The molecule has 0 saturated heterocycles. The topological polar surface area (TPSA) is 64.0 Å². The molecule has 4 atom stereocenters. The summed E-state index contributed by atoms with van der Waals surface area (Å²) in [4.78, 5) is 30.5. The maximum Gasteiger partial charge on any atom is 0.262 e. The number of para-hydroxylation sites is 1. The Hall–Kier alpha value is -1.82. The molecular formula is C22H31N3O2S. The van der Waals surface area contributed by atoms with E-state index in [1.165, 1.54) is 18.2 Å². The molecule has 0 unspecified atom stereocenters. The third kappa shape index (κ3) is 4.27. The van der Waals surface area contributed by atoms with Gasteiger partial charge in [0.1, 0.15) is 0 Å². The van der Waals surface area contributed by atoms with Crippen LogP contribution >= 0.6 is 11.8 Å². The van der Waals surface area contributed by atoms with Gasteiger partial charge in [0.2, 0.25) is 5.91 Å². The summed E-state index contributed by atoms with van der Waals surface area (Å²) in [6, 6.07) is 7.59. The fraction of sp³-hybridized carbons (Fsp3) is 0.591. The minimum Gasteiger partial charge on any atom is -0.352 e. The molecule has 1 fully saturated rings. The van der Waals surface area contributed by atoms with Gasteiger partial charge in [0.15, 0.2) is 5.16 Å². The van der Waals surface area contributed by atoms with Crippen LogP contribution in [0.25, 0.3) is 10.9 Å². The van der Waals surface area contributed by atoms with Crippen LogP contribution in [0.4, 0.5) is 0 Å². The maximum atomic E-state index is 12.9. The van der Waals surface area contributed by atoms with Crippen LogP contribution in [-0.4, -0.2) is 26.8 Å². The molecule has 28 heavy (non-hydrogen) atoms. The summed E-state index contributed by atoms with van der Waals surface area (Å²) in [6.45, 7) is 10.3. The second-order valence-corrected chi connectivity index (χ2v) is 9.63. The lowest BCUT2D eigenvalue weighted by molar-refractivity contribution is -0.121. The second kappa shape index (κ2) is 8.68. The minimum absolute atomic E-state index is 0.0219. The molecule has 3 rings (SSSR count). The summed E-state index contributed by atoms with van der Waals surface area (Å²) >= 11 is 1.37. The van der Waals surface area contributed by atoms with Crippen LogP contribution in [0, 0.1) is 11.8 Å². The lowest BCUT2D eigenvalue weighted by atomic mass is 9.78. The fourth-order valence-corrected chi connectivity index (χ4v) is 5.01. The lowest BCUT2D eigenvalue weighted by Crippen LogP contribution is -2.46. The Morgan fingerprint density at radius 2 is 1.93 bits per heavy atom. The summed E-state index contributed by atoms with van der Waals surface area (Å²) in [6.07, 6.45) is 3.44. The number of aromatic nitrogens is 2. The zero-order valence-electron chi connectivity index (χ0n) is 17.4. The van der Waals surface area contributed by atoms with E-state index in [0.717, 1.165) is 12.8 Å². The molecule has 1 aliphatic carbocycles. The smallest absolute Gasteiger partial charge is 0.262 e. The molecule has 6 heteroatoms. The van der Waals surface area contributed by atoms with E-state index >= 15 is 0 Å². The number of nitrogens with zero attached hydrogens (tertiary/aromatic N) is 2. The van der Waals surface area contributed by atoms with Crippen molar-refractivity contribution in [3.05, 3.63) is 34.6 Å². The van der Waals surface area contributed by atoms with E-state index in [1.807, 2.05) is 39.0 Å². The van der Waals surface area contributed by atoms with Crippen molar-refractivity contribution in [1.29, 1.82) is 0 Å². The molecule has 0 aliphatic heterocycles. The lowest BCUT2D eigenvalue weighted by Gasteiger charge is -2.35. The second-order valence-electron chi connectivity index (χ2n) is 8.32. The van der Waals surface area contributed by atoms with E-state index in [9.17, 15) is 9.59 Å². The van der Waals surface area contributed by atoms with Gasteiger partial charge in [0.25, 0.3) is 5.56 Å². The van der Waals surface area contributed by atoms with Gasteiger partial charge in [-0.3, -0.25) is 14.2 Å². The Kier molecular flexibility index (Phi) is 6.48. The highest BCUT2D eigenvalue weighted by atomic mass is 32.2. The van der Waals surface area contributed by atoms with E-state index in [-0.39, 0.29) is 28.8 Å². The molecule has 1 N–H and O–H groups in total. The first kappa shape index (κ1) is 20.9. The average Bonchev–Trinajstić information content (AvgIpc) is 2.65. The van der Waals surface area contributed by atoms with Gasteiger partial charge >= 0.3 is 0 Å². The summed E-state index contributed by atoms with van der Waals surface area (Å²) in [5, 5.41) is 4.14. The van der Waals surface area contributed by atoms with Crippen molar-refractivity contribution in [2.24, 2.45) is 11.8 Å². The zero-order valence-corrected chi connectivity index (χ0v) is 18.3. The van der Waals surface area contributed by atoms with Gasteiger partial charge < -0.3 is 5.32 Å². The molecular weight excluding hydrogens is 370 g/mol. The summed E-state index contributed by atoms with van der Waals surface area (Å²) in [5.41, 5.74) is 0.625. The molecule has 1 aromatic carbocycles. The number of carbonyl (C=O) groups is 1. The predicted octanol–water partition coefficient (Wildman–Crippen LogP) is 4.40. The third-order valence-corrected chi connectivity index (χ3v) is 7.04. The Morgan fingerprint density at radius 3 is 2.64 bits per heavy atom. The highest BCUT2D eigenvalue weighted by Crippen LogP contribution is 2.30. The molecule has 1 aliphatic rings. The number of nitrogens with one attached hydrogen (secondary N) is 1. The number of hydrogen-bond acceptors (Lipinski definition) is 4. The van der Waals surface area contributed by atoms with E-state index in [1.54, 1.807) is 10.6 Å². The number of rotatable bonds is 5. The SMILES string of the molecule is CC(C)n1c(S[C@H](C)C(=O)N[C@H]2CCC[C@H](C)[C@H]2C)nc2ccccc2c1=O. The summed E-state index contributed by atoms with van der Waals surface area (Å²) in [5.74, 6) is 1.14. The fourth-order valence-electron chi connectivity index (χ4n) is 3.96. The quantitative estimate of drug-likeness (QED) is 0.596. The molecule has 0 bridgehead atoms. The van der Waals surface area contributed by atoms with Crippen molar-refractivity contribution in [3.8, 4) is 0 Å². The Balaban J connectivity index is 1.82. The van der Waals surface area contributed by atoms with Gasteiger partial charge in [-0.15, -0.1) is 0 Å². The number of benzene rings is 1. The predicted molar refractivity (Wildman–Crippen MR) is 116 cm³/mol. The molecule has 0 radical (unpaired) electrons. The van der Waals surface area contributed by atoms with Crippen LogP contribution in [0.3, 0.4) is 0 Å². The van der Waals surface area contributed by atoms with Crippen LogP contribution < -0.4 is 10.9 Å². The van der Waals surface area contributed by atoms with Crippen molar-refractivity contribution in [3.63, 3.8) is 0 Å². The standard InChI is InChI=1S/C22H31N3O2S/c1-13(2)25-21(27)17-10-6-7-11-19(17)24-22(25)28-16(5)20(26)23-18-12-8-9-14(3)15(18)4/h6-7,10-11,13-16,18H,8-9,12H2,1-5H3,(H,23,26)/t14-,15+,16+,18-/m0/s1. The first-order chi connectivity index (χ1) is 13.3. The number of amides is 1. The van der Waals surface area contributed by atoms with Crippen LogP contribution in [0.1, 0.15) is 59.9 Å². The first-order valence-electron chi connectivity index (χ1n) is 10.3. The molecule has 5 nitrogen and oxygen atoms in total. The van der Waals surface area contributed by atoms with Crippen molar-refractivity contribution in [2.45, 2.75) is 76.4 Å². The van der Waals surface area contributed by atoms with Crippen LogP contribution in [0.15, 0.2) is 34.2 Å². The van der Waals surface area contributed by atoms with Gasteiger partial charge in [-0.05, 0) is 51.2 Å². The number of carbonyl (C=O) groups excluding carboxylic acids is 1. The Morgan fingerprint density at radius 1 is 1.21 bits per heavy atom. The van der Waals surface area contributed by atoms with Crippen molar-refractivity contribution in [1.82, 2.24) is 14.9 Å². The van der Waals surface area contributed by atoms with E-state index in [2.05, 4.69) is 19.2 Å².